The zero-order valence-electron chi connectivity index (χ0n) is 14.7. The molecule has 1 N–H and O–H groups in total. The number of hydrogen-bond donors (Lipinski definition) is 1. The number of alkyl halides is 3. The van der Waals surface area contributed by atoms with Gasteiger partial charge in [0, 0.05) is 19.2 Å². The first-order valence-corrected chi connectivity index (χ1v) is 10.2. The fourth-order valence-corrected chi connectivity index (χ4v) is 4.95. The fourth-order valence-electron chi connectivity index (χ4n) is 3.24. The first kappa shape index (κ1) is 21.9. The molecule has 0 unspecified atom stereocenters. The van der Waals surface area contributed by atoms with Crippen LogP contribution >= 0.6 is 11.6 Å². The minimum Gasteiger partial charge on any atom is -0.385 e. The van der Waals surface area contributed by atoms with Crippen LogP contribution in [0.1, 0.15) is 24.0 Å². The molecule has 1 heterocycles. The van der Waals surface area contributed by atoms with Crippen molar-refractivity contribution < 1.29 is 35.5 Å². The molecule has 11 heteroatoms. The summed E-state index contributed by atoms with van der Waals surface area (Å²) in [6.45, 7) is -0.529. The Kier molecular flexibility index (Phi) is 5.67. The molecule has 4 nitrogen and oxygen atoms in total. The number of sulfonamides is 1. The van der Waals surface area contributed by atoms with Crippen molar-refractivity contribution in [2.24, 2.45) is 0 Å². The molecule has 0 amide bonds. The van der Waals surface area contributed by atoms with E-state index in [4.69, 9.17) is 11.6 Å². The summed E-state index contributed by atoms with van der Waals surface area (Å²) in [6, 6.07) is 5.07. The number of piperidine rings is 1. The third kappa shape index (κ3) is 4.25. The molecule has 1 aliphatic heterocycles. The van der Waals surface area contributed by atoms with Gasteiger partial charge < -0.3 is 5.11 Å². The Morgan fingerprint density at radius 1 is 1.03 bits per heavy atom. The van der Waals surface area contributed by atoms with Gasteiger partial charge in [0.15, 0.2) is 0 Å². The van der Waals surface area contributed by atoms with E-state index in [9.17, 15) is 35.5 Å². The van der Waals surface area contributed by atoms with Gasteiger partial charge in [-0.1, -0.05) is 17.7 Å². The summed E-state index contributed by atoms with van der Waals surface area (Å²) in [5, 5.41) is 10.3. The van der Waals surface area contributed by atoms with Crippen molar-refractivity contribution in [3.8, 4) is 0 Å². The Morgan fingerprint density at radius 3 is 2.21 bits per heavy atom. The fraction of sp³-hybridized carbons (Fsp3) is 0.333. The molecule has 0 spiro atoms. The molecule has 1 aliphatic rings. The van der Waals surface area contributed by atoms with Gasteiger partial charge in [-0.15, -0.1) is 0 Å². The van der Waals surface area contributed by atoms with E-state index < -0.39 is 48.9 Å². The molecule has 2 aromatic rings. The summed E-state index contributed by atoms with van der Waals surface area (Å²) >= 11 is 5.59. The zero-order chi connectivity index (χ0) is 21.6. The number of aliphatic hydroxyl groups is 1. The maximum Gasteiger partial charge on any atom is 0.417 e. The summed E-state index contributed by atoms with van der Waals surface area (Å²) < 4.78 is 92.3. The van der Waals surface area contributed by atoms with Crippen LogP contribution in [0.3, 0.4) is 0 Å². The molecule has 1 saturated heterocycles. The highest BCUT2D eigenvalue weighted by Crippen LogP contribution is 2.40. The number of halogens is 6. The number of hydrogen-bond acceptors (Lipinski definition) is 3. The zero-order valence-corrected chi connectivity index (χ0v) is 16.3. The number of rotatable bonds is 3. The molecule has 0 atom stereocenters. The van der Waals surface area contributed by atoms with Crippen molar-refractivity contribution in [1.82, 2.24) is 4.31 Å². The number of nitrogens with zero attached hydrogens (tertiary/aromatic N) is 1. The first-order valence-electron chi connectivity index (χ1n) is 8.39. The summed E-state index contributed by atoms with van der Waals surface area (Å²) in [6.07, 6.45) is -5.14. The van der Waals surface area contributed by atoms with E-state index in [1.54, 1.807) is 0 Å². The molecule has 0 aliphatic carbocycles. The van der Waals surface area contributed by atoms with Crippen molar-refractivity contribution in [3.05, 3.63) is 64.2 Å². The summed E-state index contributed by atoms with van der Waals surface area (Å²) in [4.78, 5) is -0.713. The summed E-state index contributed by atoms with van der Waals surface area (Å²) in [5.74, 6) is -2.18. The molecule has 3 rings (SSSR count). The Labute approximate surface area is 168 Å². The molecule has 0 saturated carbocycles. The Bertz CT molecular complexity index is 1030. The second-order valence-electron chi connectivity index (χ2n) is 6.70. The highest BCUT2D eigenvalue weighted by atomic mass is 35.5. The highest BCUT2D eigenvalue weighted by Gasteiger charge is 2.41. The molecule has 29 heavy (non-hydrogen) atoms. The Morgan fingerprint density at radius 2 is 1.66 bits per heavy atom. The largest absolute Gasteiger partial charge is 0.417 e. The van der Waals surface area contributed by atoms with Crippen molar-refractivity contribution in [2.45, 2.75) is 29.5 Å². The predicted octanol–water partition coefficient (Wildman–Crippen LogP) is 4.31. The minimum absolute atomic E-state index is 0.0424. The molecule has 1 fully saturated rings. The summed E-state index contributed by atoms with van der Waals surface area (Å²) in [5.41, 5.74) is -2.86. The molecule has 2 aromatic carbocycles. The standard InChI is InChI=1S/C18H15ClF5NO3S/c19-14-3-1-11(9-13(14)18(22,23)24)17(26)5-7-25(8-6-17)29(27,28)16-4-2-12(20)10-15(16)21/h1-4,9-10,26H,5-8H2. The van der Waals surface area contributed by atoms with Gasteiger partial charge in [-0.25, -0.2) is 17.2 Å². The van der Waals surface area contributed by atoms with Crippen LogP contribution in [0.15, 0.2) is 41.3 Å². The van der Waals surface area contributed by atoms with Crippen molar-refractivity contribution in [3.63, 3.8) is 0 Å². The monoisotopic (exact) mass is 455 g/mol. The third-order valence-corrected chi connectivity index (χ3v) is 7.13. The lowest BCUT2D eigenvalue weighted by Crippen LogP contribution is -2.45. The molecule has 0 radical (unpaired) electrons. The molecular weight excluding hydrogens is 441 g/mol. The molecular formula is C18H15ClF5NO3S. The SMILES string of the molecule is O=S(=O)(c1ccc(F)cc1F)N1CCC(O)(c2ccc(Cl)c(C(F)(F)F)c2)CC1. The van der Waals surface area contributed by atoms with Crippen LogP contribution in [0.25, 0.3) is 0 Å². The van der Waals surface area contributed by atoms with Gasteiger partial charge in [-0.3, -0.25) is 0 Å². The van der Waals surface area contributed by atoms with Crippen molar-refractivity contribution in [1.29, 1.82) is 0 Å². The van der Waals surface area contributed by atoms with E-state index >= 15 is 0 Å². The second kappa shape index (κ2) is 7.50. The normalized spacial score (nSPS) is 18.0. The van der Waals surface area contributed by atoms with Crippen LogP contribution < -0.4 is 0 Å². The van der Waals surface area contributed by atoms with Crippen LogP contribution in [0, 0.1) is 11.6 Å². The quantitative estimate of drug-likeness (QED) is 0.702. The summed E-state index contributed by atoms with van der Waals surface area (Å²) in [7, 11) is -4.30. The maximum atomic E-state index is 13.9. The Balaban J connectivity index is 1.84. The van der Waals surface area contributed by atoms with Gasteiger partial charge in [0.05, 0.1) is 16.2 Å². The smallest absolute Gasteiger partial charge is 0.385 e. The minimum atomic E-state index is -4.71. The number of benzene rings is 2. The van der Waals surface area contributed by atoms with Gasteiger partial charge in [0.25, 0.3) is 0 Å². The average molecular weight is 456 g/mol. The lowest BCUT2D eigenvalue weighted by atomic mass is 9.84. The molecule has 0 bridgehead atoms. The van der Waals surface area contributed by atoms with Crippen LogP contribution in [0.2, 0.25) is 5.02 Å². The first-order chi connectivity index (χ1) is 13.3. The lowest BCUT2D eigenvalue weighted by molar-refractivity contribution is -0.137. The van der Waals surface area contributed by atoms with Gasteiger partial charge >= 0.3 is 6.18 Å². The van der Waals surface area contributed by atoms with Crippen LogP contribution in [0.5, 0.6) is 0 Å². The van der Waals surface area contributed by atoms with Crippen LogP contribution in [-0.2, 0) is 21.8 Å². The van der Waals surface area contributed by atoms with E-state index in [0.29, 0.717) is 6.07 Å². The van der Waals surface area contributed by atoms with Gasteiger partial charge in [0.2, 0.25) is 10.0 Å². The van der Waals surface area contributed by atoms with E-state index in [1.165, 1.54) is 6.07 Å². The van der Waals surface area contributed by atoms with E-state index in [2.05, 4.69) is 0 Å². The van der Waals surface area contributed by atoms with E-state index in [1.807, 2.05) is 0 Å². The van der Waals surface area contributed by atoms with Crippen LogP contribution in [-0.4, -0.2) is 30.9 Å². The van der Waals surface area contributed by atoms with Crippen molar-refractivity contribution >= 4 is 21.6 Å². The lowest BCUT2D eigenvalue weighted by Gasteiger charge is -2.38. The highest BCUT2D eigenvalue weighted by molar-refractivity contribution is 7.89. The van der Waals surface area contributed by atoms with Crippen molar-refractivity contribution in [2.75, 3.05) is 13.1 Å². The Hall–Kier alpha value is -1.75. The third-order valence-electron chi connectivity index (χ3n) is 4.87. The average Bonchev–Trinajstić information content (AvgIpc) is 2.61. The van der Waals surface area contributed by atoms with Gasteiger partial charge in [-0.2, -0.15) is 17.5 Å². The molecule has 158 valence electrons. The second-order valence-corrected chi connectivity index (χ2v) is 9.02. The van der Waals surface area contributed by atoms with Gasteiger partial charge in [0.1, 0.15) is 16.5 Å². The predicted molar refractivity (Wildman–Crippen MR) is 94.7 cm³/mol. The van der Waals surface area contributed by atoms with E-state index in [0.717, 1.165) is 28.6 Å². The topological polar surface area (TPSA) is 57.6 Å². The van der Waals surface area contributed by atoms with Gasteiger partial charge in [-0.05, 0) is 42.7 Å². The maximum absolute atomic E-state index is 13.9. The molecule has 0 aromatic heterocycles. The van der Waals surface area contributed by atoms with E-state index in [-0.39, 0.29) is 31.5 Å². The van der Waals surface area contributed by atoms with Crippen LogP contribution in [0.4, 0.5) is 22.0 Å².